The van der Waals surface area contributed by atoms with Gasteiger partial charge in [-0.05, 0) is 23.8 Å². The molecule has 4 nitrogen and oxygen atoms in total. The molecule has 0 radical (unpaired) electrons. The lowest BCUT2D eigenvalue weighted by Crippen LogP contribution is -2.27. The number of rotatable bonds is 2. The van der Waals surface area contributed by atoms with E-state index in [1.165, 1.54) is 4.90 Å². The summed E-state index contributed by atoms with van der Waals surface area (Å²) in [6, 6.07) is 9.66. The van der Waals surface area contributed by atoms with Crippen LogP contribution in [-0.4, -0.2) is 23.8 Å². The monoisotopic (exact) mass is 252 g/mol. The van der Waals surface area contributed by atoms with Gasteiger partial charge >= 0.3 is 0 Å². The van der Waals surface area contributed by atoms with Crippen LogP contribution in [0, 0.1) is 0 Å². The molecule has 0 saturated heterocycles. The van der Waals surface area contributed by atoms with Crippen LogP contribution in [0.4, 0.5) is 0 Å². The molecule has 0 aliphatic carbocycles. The second-order valence-electron chi connectivity index (χ2n) is 4.15. The van der Waals surface area contributed by atoms with Gasteiger partial charge in [0.05, 0.1) is 13.3 Å². The zero-order valence-electron chi connectivity index (χ0n) is 10.4. The van der Waals surface area contributed by atoms with Crippen molar-refractivity contribution in [1.82, 2.24) is 4.90 Å². The fourth-order valence-corrected chi connectivity index (χ4v) is 1.94. The predicted octanol–water partition coefficient (Wildman–Crippen LogP) is 2.33. The Bertz CT molecular complexity index is 639. The second-order valence-corrected chi connectivity index (χ2v) is 4.15. The summed E-state index contributed by atoms with van der Waals surface area (Å²) < 4.78 is 5.11. The summed E-state index contributed by atoms with van der Waals surface area (Å²) in [7, 11) is 1.57. The molecule has 2 aliphatic rings. The fraction of sp³-hybridized carbons (Fsp3) is 0.0667. The average molecular weight is 252 g/mol. The number of ether oxygens (including phenoxy) is 1. The highest BCUT2D eigenvalue weighted by Crippen LogP contribution is 2.23. The van der Waals surface area contributed by atoms with Crippen LogP contribution < -0.4 is 0 Å². The van der Waals surface area contributed by atoms with Gasteiger partial charge in [-0.25, -0.2) is 4.99 Å². The molecule has 0 spiro atoms. The minimum Gasteiger partial charge on any atom is -0.495 e. The minimum atomic E-state index is -0.141. The summed E-state index contributed by atoms with van der Waals surface area (Å²) in [5.41, 5.74) is 1.38. The highest BCUT2D eigenvalue weighted by Gasteiger charge is 2.29. The number of amides is 1. The number of carbonyl (C=O) groups is 1. The predicted molar refractivity (Wildman–Crippen MR) is 72.9 cm³/mol. The Balaban J connectivity index is 1.95. The van der Waals surface area contributed by atoms with Crippen molar-refractivity contribution in [2.75, 3.05) is 7.11 Å². The van der Waals surface area contributed by atoms with E-state index in [0.717, 1.165) is 5.56 Å². The lowest BCUT2D eigenvalue weighted by atomic mass is 10.2. The summed E-state index contributed by atoms with van der Waals surface area (Å²) in [6.07, 6.45) is 6.98. The maximum atomic E-state index is 12.2. The highest BCUT2D eigenvalue weighted by atomic mass is 16.5. The Morgan fingerprint density at radius 2 is 2.00 bits per heavy atom. The topological polar surface area (TPSA) is 41.9 Å². The number of allylic oxidation sites excluding steroid dienone is 1. The zero-order valence-corrected chi connectivity index (χ0v) is 10.4. The van der Waals surface area contributed by atoms with Crippen LogP contribution in [0.15, 0.2) is 65.1 Å². The molecule has 0 saturated carbocycles. The van der Waals surface area contributed by atoms with Crippen LogP contribution in [-0.2, 0) is 9.53 Å². The van der Waals surface area contributed by atoms with Gasteiger partial charge in [0, 0.05) is 0 Å². The van der Waals surface area contributed by atoms with Crippen LogP contribution in [0.1, 0.15) is 5.56 Å². The molecule has 0 N–H and O–H groups in total. The summed E-state index contributed by atoms with van der Waals surface area (Å²) in [5, 5.41) is 0. The van der Waals surface area contributed by atoms with E-state index in [1.54, 1.807) is 31.5 Å². The van der Waals surface area contributed by atoms with E-state index in [0.29, 0.717) is 17.3 Å². The number of hydrogen-bond donors (Lipinski definition) is 0. The van der Waals surface area contributed by atoms with Crippen molar-refractivity contribution in [2.24, 2.45) is 4.99 Å². The van der Waals surface area contributed by atoms with Crippen LogP contribution in [0.5, 0.6) is 0 Å². The van der Waals surface area contributed by atoms with E-state index in [2.05, 4.69) is 4.99 Å². The van der Waals surface area contributed by atoms with Crippen LogP contribution >= 0.6 is 0 Å². The van der Waals surface area contributed by atoms with Gasteiger partial charge < -0.3 is 4.74 Å². The van der Waals surface area contributed by atoms with Crippen molar-refractivity contribution in [3.63, 3.8) is 0 Å². The van der Waals surface area contributed by atoms with Crippen molar-refractivity contribution >= 4 is 17.8 Å². The summed E-state index contributed by atoms with van der Waals surface area (Å²) in [5.74, 6) is 1.11. The van der Waals surface area contributed by atoms with Crippen molar-refractivity contribution in [1.29, 1.82) is 0 Å². The quantitative estimate of drug-likeness (QED) is 0.758. The van der Waals surface area contributed by atoms with Gasteiger partial charge in [-0.2, -0.15) is 0 Å². The first-order chi connectivity index (χ1) is 9.28. The molecule has 2 aliphatic heterocycles. The lowest BCUT2D eigenvalue weighted by Gasteiger charge is -2.15. The molecule has 0 aromatic heterocycles. The molecular weight excluding hydrogens is 240 g/mol. The molecule has 1 aromatic rings. The van der Waals surface area contributed by atoms with Crippen molar-refractivity contribution in [2.45, 2.75) is 0 Å². The first-order valence-electron chi connectivity index (χ1n) is 5.91. The van der Waals surface area contributed by atoms with E-state index in [4.69, 9.17) is 4.74 Å². The van der Waals surface area contributed by atoms with Crippen molar-refractivity contribution < 1.29 is 9.53 Å². The molecule has 0 bridgehead atoms. The molecule has 0 fully saturated rings. The summed E-state index contributed by atoms with van der Waals surface area (Å²) >= 11 is 0. The molecule has 0 unspecified atom stereocenters. The second kappa shape index (κ2) is 4.57. The first-order valence-corrected chi connectivity index (χ1v) is 5.91. The minimum absolute atomic E-state index is 0.141. The fourth-order valence-electron chi connectivity index (χ4n) is 1.94. The number of aliphatic imine (C=N–C) groups is 1. The highest BCUT2D eigenvalue weighted by molar-refractivity contribution is 6.19. The van der Waals surface area contributed by atoms with E-state index in [1.807, 2.05) is 30.3 Å². The number of benzene rings is 1. The number of methoxy groups -OCH3 is 1. The Labute approximate surface area is 111 Å². The third-order valence-corrected chi connectivity index (χ3v) is 2.91. The van der Waals surface area contributed by atoms with Crippen LogP contribution in [0.3, 0.4) is 0 Å². The maximum Gasteiger partial charge on any atom is 0.282 e. The van der Waals surface area contributed by atoms with Gasteiger partial charge in [-0.3, -0.25) is 9.69 Å². The number of fused-ring (bicyclic) bond motifs is 1. The Hall–Kier alpha value is -2.62. The average Bonchev–Trinajstić information content (AvgIpc) is 2.76. The van der Waals surface area contributed by atoms with Gasteiger partial charge in [0.15, 0.2) is 0 Å². The largest absolute Gasteiger partial charge is 0.495 e. The van der Waals surface area contributed by atoms with Gasteiger partial charge in [0.25, 0.3) is 5.91 Å². The van der Waals surface area contributed by atoms with Gasteiger partial charge in [-0.1, -0.05) is 30.3 Å². The van der Waals surface area contributed by atoms with Gasteiger partial charge in [0.1, 0.15) is 17.3 Å². The molecule has 1 amide bonds. The van der Waals surface area contributed by atoms with Crippen molar-refractivity contribution in [3.8, 4) is 0 Å². The molecule has 94 valence electrons. The number of hydrogen-bond acceptors (Lipinski definition) is 3. The molecule has 19 heavy (non-hydrogen) atoms. The van der Waals surface area contributed by atoms with Gasteiger partial charge in [-0.15, -0.1) is 0 Å². The zero-order chi connectivity index (χ0) is 13.2. The molecular formula is C15H12N2O2. The molecule has 1 aromatic carbocycles. The van der Waals surface area contributed by atoms with Crippen molar-refractivity contribution in [3.05, 3.63) is 65.7 Å². The molecule has 3 rings (SSSR count). The Morgan fingerprint density at radius 3 is 2.74 bits per heavy atom. The Morgan fingerprint density at radius 1 is 1.21 bits per heavy atom. The first kappa shape index (κ1) is 11.5. The smallest absolute Gasteiger partial charge is 0.282 e. The van der Waals surface area contributed by atoms with E-state index < -0.39 is 0 Å². The maximum absolute atomic E-state index is 12.2. The van der Waals surface area contributed by atoms with E-state index in [-0.39, 0.29) is 5.91 Å². The lowest BCUT2D eigenvalue weighted by molar-refractivity contribution is -0.121. The standard InChI is InChI=1S/C15H12N2O2/c1-19-12-7-8-14-16-13(15(18)17(14)10-12)9-11-5-3-2-4-6-11/h2-10H,1H3. The normalized spacial score (nSPS) is 19.3. The summed E-state index contributed by atoms with van der Waals surface area (Å²) in [4.78, 5) is 18.0. The Kier molecular flexibility index (Phi) is 2.76. The number of nitrogens with zero attached hydrogens (tertiary/aromatic N) is 2. The van der Waals surface area contributed by atoms with E-state index in [9.17, 15) is 4.79 Å². The molecule has 0 atom stereocenters. The van der Waals surface area contributed by atoms with E-state index >= 15 is 0 Å². The molecule has 4 heteroatoms. The van der Waals surface area contributed by atoms with Crippen LogP contribution in [0.25, 0.3) is 6.08 Å². The number of carbonyl (C=O) groups excluding carboxylic acids is 1. The summed E-state index contributed by atoms with van der Waals surface area (Å²) in [6.45, 7) is 0. The van der Waals surface area contributed by atoms with Crippen LogP contribution in [0.2, 0.25) is 0 Å². The number of amidine groups is 1. The third kappa shape index (κ3) is 2.08. The molecule has 2 heterocycles. The SMILES string of the molecule is COC1=CN2C(=O)C(=Cc3ccccc3)N=C2C=C1. The third-order valence-electron chi connectivity index (χ3n) is 2.91. The van der Waals surface area contributed by atoms with Gasteiger partial charge in [0.2, 0.25) is 0 Å².